The minimum absolute atomic E-state index is 0.340. The molecule has 0 aliphatic carbocycles. The van der Waals surface area contributed by atoms with Gasteiger partial charge in [0.2, 0.25) is 5.91 Å². The third-order valence-electron chi connectivity index (χ3n) is 3.03. The molecule has 3 N–H and O–H groups in total. The van der Waals surface area contributed by atoms with Gasteiger partial charge in [-0.2, -0.15) is 0 Å². The Balaban J connectivity index is 2.15. The van der Waals surface area contributed by atoms with E-state index >= 15 is 0 Å². The molecule has 0 aliphatic heterocycles. The summed E-state index contributed by atoms with van der Waals surface area (Å²) < 4.78 is 5.33. The van der Waals surface area contributed by atoms with E-state index < -0.39 is 5.91 Å². The Bertz CT molecular complexity index is 725. The lowest BCUT2D eigenvalue weighted by Gasteiger charge is -2.01. The molecule has 2 amide bonds. The van der Waals surface area contributed by atoms with Gasteiger partial charge in [0.25, 0.3) is 5.91 Å². The SMILES string of the molecule is Cc1ccc(/C=C/C(=O)Nc2sc(C)c(C)c2C(N)=O)o1. The number of hydrogen-bond donors (Lipinski definition) is 2. The minimum Gasteiger partial charge on any atom is -0.462 e. The first-order valence-corrected chi connectivity index (χ1v) is 7.15. The Labute approximate surface area is 126 Å². The van der Waals surface area contributed by atoms with Crippen LogP contribution in [0, 0.1) is 20.8 Å². The Morgan fingerprint density at radius 2 is 2.00 bits per heavy atom. The van der Waals surface area contributed by atoms with E-state index in [1.807, 2.05) is 26.8 Å². The third-order valence-corrected chi connectivity index (χ3v) is 4.15. The first kappa shape index (κ1) is 15.1. The van der Waals surface area contributed by atoms with Crippen LogP contribution in [-0.2, 0) is 4.79 Å². The summed E-state index contributed by atoms with van der Waals surface area (Å²) in [5.74, 6) is 0.484. The number of hydrogen-bond acceptors (Lipinski definition) is 4. The number of anilines is 1. The lowest BCUT2D eigenvalue weighted by Crippen LogP contribution is -2.16. The molecule has 2 aromatic heterocycles. The van der Waals surface area contributed by atoms with Crippen molar-refractivity contribution in [2.75, 3.05) is 5.32 Å². The molecule has 5 nitrogen and oxygen atoms in total. The van der Waals surface area contributed by atoms with Crippen LogP contribution in [0.15, 0.2) is 22.6 Å². The van der Waals surface area contributed by atoms with Crippen molar-refractivity contribution < 1.29 is 14.0 Å². The van der Waals surface area contributed by atoms with Gasteiger partial charge in [-0.25, -0.2) is 0 Å². The molecule has 0 aliphatic rings. The summed E-state index contributed by atoms with van der Waals surface area (Å²) in [5, 5.41) is 3.16. The van der Waals surface area contributed by atoms with E-state index in [0.717, 1.165) is 16.2 Å². The zero-order valence-electron chi connectivity index (χ0n) is 12.0. The monoisotopic (exact) mass is 304 g/mol. The molecule has 0 atom stereocenters. The minimum atomic E-state index is -0.544. The summed E-state index contributed by atoms with van der Waals surface area (Å²) in [4.78, 5) is 24.3. The maximum Gasteiger partial charge on any atom is 0.251 e. The first-order valence-electron chi connectivity index (χ1n) is 6.33. The van der Waals surface area contributed by atoms with Crippen molar-refractivity contribution in [3.8, 4) is 0 Å². The molecule has 110 valence electrons. The smallest absolute Gasteiger partial charge is 0.251 e. The summed E-state index contributed by atoms with van der Waals surface area (Å²) in [6.45, 7) is 5.51. The molecule has 0 saturated heterocycles. The quantitative estimate of drug-likeness (QED) is 0.851. The highest BCUT2D eigenvalue weighted by Crippen LogP contribution is 2.31. The van der Waals surface area contributed by atoms with Gasteiger partial charge in [-0.15, -0.1) is 11.3 Å². The van der Waals surface area contributed by atoms with Crippen LogP contribution < -0.4 is 11.1 Å². The first-order chi connectivity index (χ1) is 9.88. The van der Waals surface area contributed by atoms with E-state index in [2.05, 4.69) is 5.32 Å². The van der Waals surface area contributed by atoms with Gasteiger partial charge in [-0.1, -0.05) is 0 Å². The average molecular weight is 304 g/mol. The highest BCUT2D eigenvalue weighted by molar-refractivity contribution is 7.16. The Hall–Kier alpha value is -2.34. The molecule has 0 saturated carbocycles. The van der Waals surface area contributed by atoms with Gasteiger partial charge in [0.15, 0.2) is 0 Å². The lowest BCUT2D eigenvalue weighted by atomic mass is 10.1. The fraction of sp³-hybridized carbons (Fsp3) is 0.200. The Morgan fingerprint density at radius 3 is 2.57 bits per heavy atom. The van der Waals surface area contributed by atoms with E-state index in [1.165, 1.54) is 17.4 Å². The van der Waals surface area contributed by atoms with Crippen molar-refractivity contribution in [3.05, 3.63) is 45.7 Å². The van der Waals surface area contributed by atoms with E-state index in [4.69, 9.17) is 10.2 Å². The molecule has 2 rings (SSSR count). The predicted molar refractivity (Wildman–Crippen MR) is 83.4 cm³/mol. The molecule has 0 radical (unpaired) electrons. The maximum atomic E-state index is 11.9. The van der Waals surface area contributed by atoms with Crippen LogP contribution in [0.2, 0.25) is 0 Å². The van der Waals surface area contributed by atoms with Crippen LogP contribution in [0.3, 0.4) is 0 Å². The molecule has 0 bridgehead atoms. The maximum absolute atomic E-state index is 11.9. The number of thiophene rings is 1. The zero-order valence-corrected chi connectivity index (χ0v) is 12.8. The largest absolute Gasteiger partial charge is 0.462 e. The summed E-state index contributed by atoms with van der Waals surface area (Å²) in [7, 11) is 0. The van der Waals surface area contributed by atoms with Gasteiger partial charge >= 0.3 is 0 Å². The topological polar surface area (TPSA) is 85.3 Å². The lowest BCUT2D eigenvalue weighted by molar-refractivity contribution is -0.111. The zero-order chi connectivity index (χ0) is 15.6. The van der Waals surface area contributed by atoms with Gasteiger partial charge in [0, 0.05) is 11.0 Å². The number of rotatable bonds is 4. The van der Waals surface area contributed by atoms with Gasteiger partial charge in [-0.3, -0.25) is 9.59 Å². The fourth-order valence-electron chi connectivity index (χ4n) is 1.87. The number of carbonyl (C=O) groups excluding carboxylic acids is 2. The highest BCUT2D eigenvalue weighted by atomic mass is 32.1. The van der Waals surface area contributed by atoms with Crippen molar-refractivity contribution in [3.63, 3.8) is 0 Å². The molecule has 2 aromatic rings. The van der Waals surface area contributed by atoms with Crippen LogP contribution in [0.5, 0.6) is 0 Å². The third kappa shape index (κ3) is 3.41. The van der Waals surface area contributed by atoms with Gasteiger partial charge in [0.05, 0.1) is 5.56 Å². The van der Waals surface area contributed by atoms with Gasteiger partial charge in [-0.05, 0) is 44.5 Å². The molecular weight excluding hydrogens is 288 g/mol. The normalized spacial score (nSPS) is 11.0. The molecule has 21 heavy (non-hydrogen) atoms. The molecule has 0 unspecified atom stereocenters. The number of amides is 2. The van der Waals surface area contributed by atoms with Crippen LogP contribution >= 0.6 is 11.3 Å². The van der Waals surface area contributed by atoms with E-state index in [-0.39, 0.29) is 5.91 Å². The summed E-state index contributed by atoms with van der Waals surface area (Å²) in [5.41, 5.74) is 6.52. The van der Waals surface area contributed by atoms with Crippen molar-refractivity contribution in [2.24, 2.45) is 5.73 Å². The van der Waals surface area contributed by atoms with Crippen molar-refractivity contribution in [1.29, 1.82) is 0 Å². The van der Waals surface area contributed by atoms with Crippen LogP contribution in [-0.4, -0.2) is 11.8 Å². The number of primary amides is 1. The average Bonchev–Trinajstić information content (AvgIpc) is 2.92. The van der Waals surface area contributed by atoms with Crippen LogP contribution in [0.4, 0.5) is 5.00 Å². The van der Waals surface area contributed by atoms with E-state index in [9.17, 15) is 9.59 Å². The molecule has 0 aromatic carbocycles. The highest BCUT2D eigenvalue weighted by Gasteiger charge is 2.18. The number of nitrogens with one attached hydrogen (secondary N) is 1. The number of carbonyl (C=O) groups is 2. The Kier molecular flexibility index (Phi) is 4.28. The molecule has 2 heterocycles. The second-order valence-corrected chi connectivity index (χ2v) is 5.85. The second-order valence-electron chi connectivity index (χ2n) is 4.62. The standard InChI is InChI=1S/C15H16N2O3S/c1-8-4-5-11(20-8)6-7-12(18)17-15-13(14(16)19)9(2)10(3)21-15/h4-7H,1-3H3,(H2,16,19)(H,17,18)/b7-6+. The number of furan rings is 1. The van der Waals surface area contributed by atoms with Gasteiger partial charge in [0.1, 0.15) is 16.5 Å². The number of nitrogens with two attached hydrogens (primary N) is 1. The fourth-order valence-corrected chi connectivity index (χ4v) is 2.93. The van der Waals surface area contributed by atoms with Crippen LogP contribution in [0.1, 0.15) is 32.3 Å². The molecule has 6 heteroatoms. The summed E-state index contributed by atoms with van der Waals surface area (Å²) in [6.07, 6.45) is 2.92. The second kappa shape index (κ2) is 5.97. The Morgan fingerprint density at radius 1 is 1.29 bits per heavy atom. The predicted octanol–water partition coefficient (Wildman–Crippen LogP) is 3.02. The van der Waals surface area contributed by atoms with Crippen molar-refractivity contribution in [1.82, 2.24) is 0 Å². The summed E-state index contributed by atoms with van der Waals surface area (Å²) >= 11 is 1.33. The molecular formula is C15H16N2O3S. The van der Waals surface area contributed by atoms with Crippen molar-refractivity contribution >= 4 is 34.2 Å². The van der Waals surface area contributed by atoms with Gasteiger partial charge < -0.3 is 15.5 Å². The summed E-state index contributed by atoms with van der Waals surface area (Å²) in [6, 6.07) is 3.59. The van der Waals surface area contributed by atoms with E-state index in [1.54, 1.807) is 12.1 Å². The van der Waals surface area contributed by atoms with Crippen LogP contribution in [0.25, 0.3) is 6.08 Å². The molecule has 0 spiro atoms. The molecule has 0 fully saturated rings. The van der Waals surface area contributed by atoms with Crippen molar-refractivity contribution in [2.45, 2.75) is 20.8 Å². The number of aryl methyl sites for hydroxylation is 2. The van der Waals surface area contributed by atoms with E-state index in [0.29, 0.717) is 16.3 Å².